The fraction of sp³-hybridized carbons (Fsp3) is 0.0526. The number of hydrogen-bond acceptors (Lipinski definition) is 5. The average molecular weight is 365 g/mol. The van der Waals surface area contributed by atoms with E-state index in [9.17, 15) is 19.7 Å². The number of benzene rings is 3. The Hall–Kier alpha value is -3.94. The Bertz CT molecular complexity index is 1050. The molecule has 0 atom stereocenters. The molecule has 8 heteroatoms. The van der Waals surface area contributed by atoms with Gasteiger partial charge >= 0.3 is 11.8 Å². The second-order valence-corrected chi connectivity index (χ2v) is 5.61. The van der Waals surface area contributed by atoms with Crippen LogP contribution in [0.3, 0.4) is 0 Å². The van der Waals surface area contributed by atoms with E-state index in [2.05, 4.69) is 10.6 Å². The van der Waals surface area contributed by atoms with Gasteiger partial charge < -0.3 is 15.4 Å². The van der Waals surface area contributed by atoms with E-state index in [1.54, 1.807) is 12.1 Å². The van der Waals surface area contributed by atoms with Crippen molar-refractivity contribution < 1.29 is 19.2 Å². The summed E-state index contributed by atoms with van der Waals surface area (Å²) in [5.41, 5.74) is 0.441. The molecular formula is C19H15N3O5. The third kappa shape index (κ3) is 4.01. The van der Waals surface area contributed by atoms with Crippen LogP contribution in [0.5, 0.6) is 5.75 Å². The molecule has 0 heterocycles. The lowest BCUT2D eigenvalue weighted by molar-refractivity contribution is -0.384. The monoisotopic (exact) mass is 365 g/mol. The SMILES string of the molecule is COc1cc([N+](=O)[O-])ccc1NC(=O)C(=O)Nc1ccc2ccccc2c1. The predicted molar refractivity (Wildman–Crippen MR) is 101 cm³/mol. The zero-order chi connectivity index (χ0) is 19.4. The first-order valence-electron chi connectivity index (χ1n) is 7.91. The predicted octanol–water partition coefficient (Wildman–Crippen LogP) is 3.33. The number of hydrogen-bond donors (Lipinski definition) is 2. The first-order valence-corrected chi connectivity index (χ1v) is 7.91. The Morgan fingerprint density at radius 2 is 1.63 bits per heavy atom. The fourth-order valence-corrected chi connectivity index (χ4v) is 2.53. The second-order valence-electron chi connectivity index (χ2n) is 5.61. The van der Waals surface area contributed by atoms with Gasteiger partial charge in [-0.2, -0.15) is 0 Å². The zero-order valence-electron chi connectivity index (χ0n) is 14.3. The summed E-state index contributed by atoms with van der Waals surface area (Å²) in [6.07, 6.45) is 0. The van der Waals surface area contributed by atoms with E-state index in [0.29, 0.717) is 5.69 Å². The first-order chi connectivity index (χ1) is 13.0. The van der Waals surface area contributed by atoms with Crippen molar-refractivity contribution >= 4 is 39.6 Å². The summed E-state index contributed by atoms with van der Waals surface area (Å²) in [5.74, 6) is -1.71. The normalized spacial score (nSPS) is 10.3. The summed E-state index contributed by atoms with van der Waals surface area (Å²) in [6, 6.07) is 16.6. The molecule has 3 aromatic rings. The van der Waals surface area contributed by atoms with Gasteiger partial charge in [-0.25, -0.2) is 0 Å². The lowest BCUT2D eigenvalue weighted by atomic mass is 10.1. The Morgan fingerprint density at radius 1 is 0.926 bits per heavy atom. The van der Waals surface area contributed by atoms with Crippen molar-refractivity contribution in [3.8, 4) is 5.75 Å². The van der Waals surface area contributed by atoms with E-state index in [-0.39, 0.29) is 17.1 Å². The van der Waals surface area contributed by atoms with E-state index >= 15 is 0 Å². The van der Waals surface area contributed by atoms with Crippen molar-refractivity contribution in [2.24, 2.45) is 0 Å². The van der Waals surface area contributed by atoms with Crippen LogP contribution < -0.4 is 15.4 Å². The summed E-state index contributed by atoms with van der Waals surface area (Å²) < 4.78 is 5.03. The molecule has 136 valence electrons. The molecule has 0 aromatic heterocycles. The molecule has 2 N–H and O–H groups in total. The Labute approximate surface area is 153 Å². The largest absolute Gasteiger partial charge is 0.494 e. The van der Waals surface area contributed by atoms with Crippen molar-refractivity contribution in [1.29, 1.82) is 0 Å². The van der Waals surface area contributed by atoms with Gasteiger partial charge in [0.2, 0.25) is 0 Å². The molecule has 0 aliphatic heterocycles. The van der Waals surface area contributed by atoms with E-state index in [0.717, 1.165) is 16.8 Å². The second kappa shape index (κ2) is 7.52. The number of non-ortho nitro benzene ring substituents is 1. The summed E-state index contributed by atoms with van der Waals surface area (Å²) in [4.78, 5) is 34.5. The van der Waals surface area contributed by atoms with Gasteiger partial charge in [0.15, 0.2) is 0 Å². The minimum absolute atomic E-state index is 0.0797. The van der Waals surface area contributed by atoms with Crippen LogP contribution in [-0.2, 0) is 9.59 Å². The van der Waals surface area contributed by atoms with Crippen LogP contribution in [0.15, 0.2) is 60.7 Å². The number of amides is 2. The molecule has 0 unspecified atom stereocenters. The lowest BCUT2D eigenvalue weighted by Gasteiger charge is -2.10. The highest BCUT2D eigenvalue weighted by Gasteiger charge is 2.18. The van der Waals surface area contributed by atoms with E-state index in [1.807, 2.05) is 30.3 Å². The summed E-state index contributed by atoms with van der Waals surface area (Å²) >= 11 is 0. The Balaban J connectivity index is 1.73. The van der Waals surface area contributed by atoms with E-state index in [1.165, 1.54) is 19.2 Å². The topological polar surface area (TPSA) is 111 Å². The van der Waals surface area contributed by atoms with Gasteiger partial charge in [-0.05, 0) is 29.0 Å². The van der Waals surface area contributed by atoms with Crippen LogP contribution in [0, 0.1) is 10.1 Å². The van der Waals surface area contributed by atoms with Gasteiger partial charge in [0.1, 0.15) is 5.75 Å². The van der Waals surface area contributed by atoms with Crippen LogP contribution in [0.2, 0.25) is 0 Å². The summed E-state index contributed by atoms with van der Waals surface area (Å²) in [7, 11) is 1.31. The zero-order valence-corrected chi connectivity index (χ0v) is 14.3. The highest BCUT2D eigenvalue weighted by Crippen LogP contribution is 2.29. The molecule has 8 nitrogen and oxygen atoms in total. The number of nitro groups is 1. The molecule has 0 radical (unpaired) electrons. The molecule has 27 heavy (non-hydrogen) atoms. The number of carbonyl (C=O) groups excluding carboxylic acids is 2. The molecule has 0 aliphatic carbocycles. The van der Waals surface area contributed by atoms with Gasteiger partial charge in [-0.1, -0.05) is 30.3 Å². The van der Waals surface area contributed by atoms with Gasteiger partial charge in [0.25, 0.3) is 5.69 Å². The molecule has 0 saturated carbocycles. The highest BCUT2D eigenvalue weighted by atomic mass is 16.6. The molecule has 0 saturated heterocycles. The summed E-state index contributed by atoms with van der Waals surface area (Å²) in [5, 5.41) is 17.6. The van der Waals surface area contributed by atoms with Crippen LogP contribution in [0.4, 0.5) is 17.1 Å². The third-order valence-electron chi connectivity index (χ3n) is 3.86. The van der Waals surface area contributed by atoms with Crippen LogP contribution in [-0.4, -0.2) is 23.8 Å². The molecular weight excluding hydrogens is 350 g/mol. The van der Waals surface area contributed by atoms with Crippen molar-refractivity contribution in [2.45, 2.75) is 0 Å². The van der Waals surface area contributed by atoms with Gasteiger partial charge in [0.05, 0.1) is 23.8 Å². The number of anilines is 2. The first kappa shape index (κ1) is 17.9. The Kier molecular flexibility index (Phi) is 4.98. The molecule has 0 fully saturated rings. The fourth-order valence-electron chi connectivity index (χ4n) is 2.53. The summed E-state index contributed by atoms with van der Waals surface area (Å²) in [6.45, 7) is 0. The minimum Gasteiger partial charge on any atom is -0.494 e. The standard InChI is InChI=1S/C19H15N3O5/c1-27-17-11-15(22(25)26)8-9-16(17)21-19(24)18(23)20-14-7-6-12-4-2-3-5-13(12)10-14/h2-11H,1H3,(H,20,23)(H,21,24). The number of nitro benzene ring substituents is 1. The van der Waals surface area contributed by atoms with Crippen molar-refractivity contribution in [3.05, 3.63) is 70.8 Å². The van der Waals surface area contributed by atoms with Crippen LogP contribution in [0.25, 0.3) is 10.8 Å². The molecule has 0 spiro atoms. The van der Waals surface area contributed by atoms with Crippen molar-refractivity contribution in [3.63, 3.8) is 0 Å². The third-order valence-corrected chi connectivity index (χ3v) is 3.86. The number of fused-ring (bicyclic) bond motifs is 1. The number of rotatable bonds is 4. The average Bonchev–Trinajstić information content (AvgIpc) is 2.67. The van der Waals surface area contributed by atoms with E-state index in [4.69, 9.17) is 4.74 Å². The highest BCUT2D eigenvalue weighted by molar-refractivity contribution is 6.43. The maximum absolute atomic E-state index is 12.2. The number of ether oxygens (including phenoxy) is 1. The number of nitrogens with zero attached hydrogens (tertiary/aromatic N) is 1. The smallest absolute Gasteiger partial charge is 0.314 e. The maximum atomic E-state index is 12.2. The molecule has 0 aliphatic rings. The Morgan fingerprint density at radius 3 is 2.33 bits per heavy atom. The van der Waals surface area contributed by atoms with Gasteiger partial charge in [0, 0.05) is 11.8 Å². The quantitative estimate of drug-likeness (QED) is 0.418. The van der Waals surface area contributed by atoms with Gasteiger partial charge in [-0.3, -0.25) is 19.7 Å². The lowest BCUT2D eigenvalue weighted by Crippen LogP contribution is -2.29. The number of methoxy groups -OCH3 is 1. The molecule has 0 bridgehead atoms. The van der Waals surface area contributed by atoms with Gasteiger partial charge in [-0.15, -0.1) is 0 Å². The van der Waals surface area contributed by atoms with Crippen molar-refractivity contribution in [2.75, 3.05) is 17.7 Å². The number of carbonyl (C=O) groups is 2. The number of nitrogens with one attached hydrogen (secondary N) is 2. The maximum Gasteiger partial charge on any atom is 0.314 e. The van der Waals surface area contributed by atoms with E-state index < -0.39 is 16.7 Å². The van der Waals surface area contributed by atoms with Crippen LogP contribution in [0.1, 0.15) is 0 Å². The molecule has 3 aromatic carbocycles. The minimum atomic E-state index is -0.921. The molecule has 2 amide bonds. The molecule has 3 rings (SSSR count). The van der Waals surface area contributed by atoms with Crippen molar-refractivity contribution in [1.82, 2.24) is 0 Å². The van der Waals surface area contributed by atoms with Crippen LogP contribution >= 0.6 is 0 Å².